The van der Waals surface area contributed by atoms with E-state index < -0.39 is 47.7 Å². The Morgan fingerprint density at radius 2 is 1.66 bits per heavy atom. The number of aliphatic hydroxyl groups excluding tert-OH is 1. The molecule has 3 amide bonds. The highest BCUT2D eigenvalue weighted by Gasteiger charge is 2.44. The average molecular weight is 494 g/mol. The third-order valence-corrected chi connectivity index (χ3v) is 5.77. The molecule has 4 N–H and O–H groups in total. The molecule has 0 aliphatic carbocycles. The summed E-state index contributed by atoms with van der Waals surface area (Å²) in [6.45, 7) is 13.7. The van der Waals surface area contributed by atoms with Crippen LogP contribution in [0.2, 0.25) is 0 Å². The molecular weight excluding hydrogens is 450 g/mol. The lowest BCUT2D eigenvalue weighted by atomic mass is 9.91. The van der Waals surface area contributed by atoms with Crippen molar-refractivity contribution in [3.05, 3.63) is 29.8 Å². The van der Waals surface area contributed by atoms with E-state index in [2.05, 4.69) is 10.6 Å². The fourth-order valence-corrected chi connectivity index (χ4v) is 3.69. The number of alkyl carbamates (subject to hydrolysis) is 1. The van der Waals surface area contributed by atoms with E-state index in [-0.39, 0.29) is 17.4 Å². The van der Waals surface area contributed by atoms with Gasteiger partial charge in [-0.25, -0.2) is 4.79 Å². The molecule has 35 heavy (non-hydrogen) atoms. The summed E-state index contributed by atoms with van der Waals surface area (Å²) in [5, 5.41) is 26.0. The first-order valence-corrected chi connectivity index (χ1v) is 12.2. The number of aliphatic hydroxyl groups is 1. The lowest BCUT2D eigenvalue weighted by Crippen LogP contribution is -2.60. The molecule has 0 fully saturated rings. The molecule has 1 aromatic carbocycles. The second-order valence-electron chi connectivity index (χ2n) is 10.4. The molecule has 0 aromatic heterocycles. The minimum atomic E-state index is -1.36. The van der Waals surface area contributed by atoms with Gasteiger partial charge in [0.2, 0.25) is 11.8 Å². The predicted octanol–water partition coefficient (Wildman–Crippen LogP) is 3.64. The standard InChI is InChI=1S/C26H43N3O6/c1-9-13-17(3)27-22(32)21(18-14-11-12-15-20(18)31)29(26(7,8)10-2)23(33)19(16-30)28-24(34)35-25(4,5)6/h11-12,14-15,17,19,21,30-31H,9-10,13,16H2,1-8H3,(H,27,32)(H,28,34). The van der Waals surface area contributed by atoms with E-state index in [1.807, 2.05) is 20.8 Å². The highest BCUT2D eigenvalue weighted by atomic mass is 16.6. The summed E-state index contributed by atoms with van der Waals surface area (Å²) in [6, 6.07) is 3.63. The first-order chi connectivity index (χ1) is 16.2. The largest absolute Gasteiger partial charge is 0.508 e. The molecule has 0 radical (unpaired) electrons. The number of nitrogens with zero attached hydrogens (tertiary/aromatic N) is 1. The summed E-state index contributed by atoms with van der Waals surface area (Å²) in [5.74, 6) is -1.27. The number of rotatable bonds is 11. The normalized spacial score (nSPS) is 14.4. The molecule has 9 heteroatoms. The van der Waals surface area contributed by atoms with Gasteiger partial charge in [0.15, 0.2) is 0 Å². The van der Waals surface area contributed by atoms with E-state index in [1.54, 1.807) is 52.8 Å². The van der Waals surface area contributed by atoms with Gasteiger partial charge < -0.3 is 30.5 Å². The van der Waals surface area contributed by atoms with Gasteiger partial charge in [-0.2, -0.15) is 0 Å². The van der Waals surface area contributed by atoms with Crippen LogP contribution in [-0.4, -0.2) is 62.9 Å². The van der Waals surface area contributed by atoms with Gasteiger partial charge in [0.1, 0.15) is 23.4 Å². The first kappa shape index (κ1) is 30.2. The molecule has 0 aliphatic heterocycles. The molecule has 0 bridgehead atoms. The molecule has 0 spiro atoms. The number of aromatic hydroxyl groups is 1. The molecule has 0 saturated heterocycles. The van der Waals surface area contributed by atoms with Crippen LogP contribution in [0.4, 0.5) is 4.79 Å². The Balaban J connectivity index is 3.56. The summed E-state index contributed by atoms with van der Waals surface area (Å²) in [5.41, 5.74) is -1.43. The van der Waals surface area contributed by atoms with E-state index in [0.717, 1.165) is 12.8 Å². The number of benzene rings is 1. The van der Waals surface area contributed by atoms with Crippen molar-refractivity contribution in [2.45, 2.75) is 104 Å². The van der Waals surface area contributed by atoms with Gasteiger partial charge >= 0.3 is 6.09 Å². The van der Waals surface area contributed by atoms with Crippen molar-refractivity contribution < 1.29 is 29.3 Å². The van der Waals surface area contributed by atoms with Crippen LogP contribution in [0.3, 0.4) is 0 Å². The number of para-hydroxylation sites is 1. The van der Waals surface area contributed by atoms with E-state index in [4.69, 9.17) is 4.74 Å². The highest BCUT2D eigenvalue weighted by Crippen LogP contribution is 2.36. The van der Waals surface area contributed by atoms with Crippen LogP contribution in [0.25, 0.3) is 0 Å². The maximum atomic E-state index is 13.9. The fraction of sp³-hybridized carbons (Fsp3) is 0.654. The average Bonchev–Trinajstić information content (AvgIpc) is 2.74. The number of amides is 3. The number of hydrogen-bond donors (Lipinski definition) is 4. The van der Waals surface area contributed by atoms with Crippen molar-refractivity contribution >= 4 is 17.9 Å². The van der Waals surface area contributed by atoms with Gasteiger partial charge in [-0.05, 0) is 60.5 Å². The van der Waals surface area contributed by atoms with Crippen LogP contribution < -0.4 is 10.6 Å². The monoisotopic (exact) mass is 493 g/mol. The Labute approximate surface area is 209 Å². The van der Waals surface area contributed by atoms with Crippen molar-refractivity contribution in [1.82, 2.24) is 15.5 Å². The van der Waals surface area contributed by atoms with Gasteiger partial charge in [0.25, 0.3) is 0 Å². The zero-order valence-corrected chi connectivity index (χ0v) is 22.3. The Morgan fingerprint density at radius 3 is 2.14 bits per heavy atom. The summed E-state index contributed by atoms with van der Waals surface area (Å²) in [7, 11) is 0. The van der Waals surface area contributed by atoms with Gasteiger partial charge in [0, 0.05) is 17.1 Å². The summed E-state index contributed by atoms with van der Waals surface area (Å²) in [4.78, 5) is 41.2. The van der Waals surface area contributed by atoms with Crippen molar-refractivity contribution in [3.8, 4) is 5.75 Å². The zero-order valence-electron chi connectivity index (χ0n) is 22.3. The van der Waals surface area contributed by atoms with Crippen LogP contribution in [0.1, 0.15) is 86.3 Å². The molecule has 0 aliphatic rings. The number of ether oxygens (including phenoxy) is 1. The molecular formula is C26H43N3O6. The van der Waals surface area contributed by atoms with E-state index >= 15 is 0 Å². The molecule has 3 unspecified atom stereocenters. The molecule has 3 atom stereocenters. The van der Waals surface area contributed by atoms with Gasteiger partial charge in [-0.3, -0.25) is 9.59 Å². The number of phenols is 1. The zero-order chi connectivity index (χ0) is 27.0. The van der Waals surface area contributed by atoms with E-state index in [0.29, 0.717) is 6.42 Å². The van der Waals surface area contributed by atoms with Crippen LogP contribution >= 0.6 is 0 Å². The molecule has 1 aromatic rings. The number of carbonyl (C=O) groups excluding carboxylic acids is 3. The Hall–Kier alpha value is -2.81. The van der Waals surface area contributed by atoms with Crippen molar-refractivity contribution in [1.29, 1.82) is 0 Å². The SMILES string of the molecule is CCCC(C)NC(=O)C(c1ccccc1O)N(C(=O)C(CO)NC(=O)OC(C)(C)C)C(C)(C)CC. The van der Waals surface area contributed by atoms with Crippen molar-refractivity contribution in [3.63, 3.8) is 0 Å². The summed E-state index contributed by atoms with van der Waals surface area (Å²) >= 11 is 0. The number of carbonyl (C=O) groups is 3. The molecule has 0 saturated carbocycles. The van der Waals surface area contributed by atoms with Crippen LogP contribution in [0.15, 0.2) is 24.3 Å². The quantitative estimate of drug-likeness (QED) is 0.373. The van der Waals surface area contributed by atoms with E-state index in [1.165, 1.54) is 11.0 Å². The topological polar surface area (TPSA) is 128 Å². The molecule has 198 valence electrons. The number of hydrogen-bond acceptors (Lipinski definition) is 6. The minimum Gasteiger partial charge on any atom is -0.508 e. The molecule has 9 nitrogen and oxygen atoms in total. The number of phenolic OH excluding ortho intramolecular Hbond substituents is 1. The summed E-state index contributed by atoms with van der Waals surface area (Å²) in [6.07, 6.45) is 1.20. The second-order valence-corrected chi connectivity index (χ2v) is 10.4. The van der Waals surface area contributed by atoms with E-state index in [9.17, 15) is 24.6 Å². The Morgan fingerprint density at radius 1 is 1.06 bits per heavy atom. The maximum absolute atomic E-state index is 13.9. The van der Waals surface area contributed by atoms with Crippen LogP contribution in [0, 0.1) is 0 Å². The summed E-state index contributed by atoms with van der Waals surface area (Å²) < 4.78 is 5.25. The van der Waals surface area contributed by atoms with Crippen molar-refractivity contribution in [2.75, 3.05) is 6.61 Å². The Bertz CT molecular complexity index is 865. The van der Waals surface area contributed by atoms with Crippen LogP contribution in [0.5, 0.6) is 5.75 Å². The second kappa shape index (κ2) is 12.8. The van der Waals surface area contributed by atoms with Gasteiger partial charge in [0.05, 0.1) is 6.61 Å². The highest BCUT2D eigenvalue weighted by molar-refractivity contribution is 5.93. The lowest BCUT2D eigenvalue weighted by molar-refractivity contribution is -0.150. The number of nitrogens with one attached hydrogen (secondary N) is 2. The maximum Gasteiger partial charge on any atom is 0.408 e. The third kappa shape index (κ3) is 8.72. The van der Waals surface area contributed by atoms with Crippen molar-refractivity contribution in [2.24, 2.45) is 0 Å². The predicted molar refractivity (Wildman–Crippen MR) is 135 cm³/mol. The third-order valence-electron chi connectivity index (χ3n) is 5.77. The molecule has 1 rings (SSSR count). The molecule has 0 heterocycles. The smallest absolute Gasteiger partial charge is 0.408 e. The first-order valence-electron chi connectivity index (χ1n) is 12.2. The minimum absolute atomic E-state index is 0.138. The fourth-order valence-electron chi connectivity index (χ4n) is 3.69. The van der Waals surface area contributed by atoms with Gasteiger partial charge in [-0.15, -0.1) is 0 Å². The van der Waals surface area contributed by atoms with Gasteiger partial charge in [-0.1, -0.05) is 38.5 Å². The lowest BCUT2D eigenvalue weighted by Gasteiger charge is -2.44. The Kier molecular flexibility index (Phi) is 11.0. The van der Waals surface area contributed by atoms with Crippen LogP contribution in [-0.2, 0) is 14.3 Å².